The molecule has 1 aromatic carbocycles. The van der Waals surface area contributed by atoms with Gasteiger partial charge in [-0.2, -0.15) is 0 Å². The zero-order chi connectivity index (χ0) is 11.5. The third-order valence-electron chi connectivity index (χ3n) is 3.19. The fourth-order valence-corrected chi connectivity index (χ4v) is 2.34. The second-order valence-electron chi connectivity index (χ2n) is 4.50. The summed E-state index contributed by atoms with van der Waals surface area (Å²) >= 11 is 0. The van der Waals surface area contributed by atoms with Crippen molar-refractivity contribution < 1.29 is 9.18 Å². The molecule has 3 heteroatoms. The summed E-state index contributed by atoms with van der Waals surface area (Å²) in [5, 5.41) is 0. The molecular weight excluding hydrogens is 205 g/mol. The van der Waals surface area contributed by atoms with Gasteiger partial charge in [-0.1, -0.05) is 18.6 Å². The molecule has 2 atom stereocenters. The maximum Gasteiger partial charge on any atom is 0.166 e. The lowest BCUT2D eigenvalue weighted by atomic mass is 9.81. The van der Waals surface area contributed by atoms with Gasteiger partial charge in [-0.15, -0.1) is 0 Å². The van der Waals surface area contributed by atoms with E-state index in [1.807, 2.05) is 0 Å². The molecule has 1 aromatic rings. The molecule has 1 aliphatic rings. The van der Waals surface area contributed by atoms with Gasteiger partial charge in [0.15, 0.2) is 5.78 Å². The van der Waals surface area contributed by atoms with Crippen LogP contribution in [0.1, 0.15) is 36.0 Å². The fourth-order valence-electron chi connectivity index (χ4n) is 2.34. The fraction of sp³-hybridized carbons (Fsp3) is 0.462. The maximum atomic E-state index is 13.0. The van der Waals surface area contributed by atoms with E-state index in [4.69, 9.17) is 5.73 Å². The number of hydrogen-bond donors (Lipinski definition) is 1. The molecule has 0 spiro atoms. The van der Waals surface area contributed by atoms with E-state index in [-0.39, 0.29) is 23.6 Å². The molecule has 2 unspecified atom stereocenters. The summed E-state index contributed by atoms with van der Waals surface area (Å²) in [6, 6.07) is 6.03. The van der Waals surface area contributed by atoms with E-state index in [9.17, 15) is 9.18 Å². The molecular formula is C13H16FNO. The van der Waals surface area contributed by atoms with Gasteiger partial charge in [0.25, 0.3) is 0 Å². The van der Waals surface area contributed by atoms with Crippen LogP contribution >= 0.6 is 0 Å². The number of benzene rings is 1. The maximum absolute atomic E-state index is 13.0. The van der Waals surface area contributed by atoms with Crippen LogP contribution in [-0.4, -0.2) is 11.8 Å². The van der Waals surface area contributed by atoms with E-state index >= 15 is 0 Å². The minimum Gasteiger partial charge on any atom is -0.328 e. The van der Waals surface area contributed by atoms with Crippen molar-refractivity contribution in [3.8, 4) is 0 Å². The predicted octanol–water partition coefficient (Wildman–Crippen LogP) is 2.53. The van der Waals surface area contributed by atoms with Gasteiger partial charge >= 0.3 is 0 Å². The zero-order valence-corrected chi connectivity index (χ0v) is 9.16. The summed E-state index contributed by atoms with van der Waals surface area (Å²) in [6.07, 6.45) is 3.60. The lowest BCUT2D eigenvalue weighted by Crippen LogP contribution is -2.31. The number of nitrogens with two attached hydrogens (primary N) is 1. The third kappa shape index (κ3) is 2.47. The second-order valence-corrected chi connectivity index (χ2v) is 4.50. The van der Waals surface area contributed by atoms with Gasteiger partial charge in [0.05, 0.1) is 0 Å². The van der Waals surface area contributed by atoms with Crippen molar-refractivity contribution in [1.82, 2.24) is 0 Å². The molecule has 1 saturated carbocycles. The Hall–Kier alpha value is -1.22. The number of rotatable bonds is 2. The standard InChI is InChI=1S/C13H16FNO/c14-11-5-1-3-9(7-11)13(16)10-4-2-6-12(15)8-10/h1,3,5,7,10,12H,2,4,6,8,15H2. The third-order valence-corrected chi connectivity index (χ3v) is 3.19. The quantitative estimate of drug-likeness (QED) is 0.780. The lowest BCUT2D eigenvalue weighted by Gasteiger charge is -2.25. The molecule has 0 saturated heterocycles. The Labute approximate surface area is 94.6 Å². The van der Waals surface area contributed by atoms with Crippen molar-refractivity contribution >= 4 is 5.78 Å². The molecule has 0 bridgehead atoms. The van der Waals surface area contributed by atoms with Crippen molar-refractivity contribution in [3.63, 3.8) is 0 Å². The topological polar surface area (TPSA) is 43.1 Å². The Morgan fingerprint density at radius 3 is 2.88 bits per heavy atom. The normalized spacial score (nSPS) is 25.4. The van der Waals surface area contributed by atoms with Crippen LogP contribution in [0.25, 0.3) is 0 Å². The Kier molecular flexibility index (Phi) is 3.34. The van der Waals surface area contributed by atoms with E-state index < -0.39 is 0 Å². The van der Waals surface area contributed by atoms with Crippen LogP contribution in [-0.2, 0) is 0 Å². The van der Waals surface area contributed by atoms with Crippen LogP contribution in [0.4, 0.5) is 4.39 Å². The molecule has 2 nitrogen and oxygen atoms in total. The Morgan fingerprint density at radius 1 is 1.38 bits per heavy atom. The molecule has 1 aliphatic carbocycles. The van der Waals surface area contributed by atoms with Gasteiger partial charge in [-0.3, -0.25) is 4.79 Å². The molecule has 0 aliphatic heterocycles. The highest BCUT2D eigenvalue weighted by atomic mass is 19.1. The van der Waals surface area contributed by atoms with Crippen LogP contribution in [0.2, 0.25) is 0 Å². The summed E-state index contributed by atoms with van der Waals surface area (Å²) < 4.78 is 13.0. The lowest BCUT2D eigenvalue weighted by molar-refractivity contribution is 0.0881. The van der Waals surface area contributed by atoms with Crippen LogP contribution in [0.5, 0.6) is 0 Å². The summed E-state index contributed by atoms with van der Waals surface area (Å²) in [6.45, 7) is 0. The van der Waals surface area contributed by atoms with Crippen molar-refractivity contribution in [3.05, 3.63) is 35.6 Å². The number of carbonyl (C=O) groups excluding carboxylic acids is 1. The monoisotopic (exact) mass is 221 g/mol. The van der Waals surface area contributed by atoms with Gasteiger partial charge < -0.3 is 5.73 Å². The van der Waals surface area contributed by atoms with Gasteiger partial charge in [-0.25, -0.2) is 4.39 Å². The molecule has 0 radical (unpaired) electrons. The molecule has 0 amide bonds. The van der Waals surface area contributed by atoms with Crippen molar-refractivity contribution in [2.45, 2.75) is 31.7 Å². The van der Waals surface area contributed by atoms with Gasteiger partial charge in [0, 0.05) is 17.5 Å². The first-order chi connectivity index (χ1) is 7.66. The highest BCUT2D eigenvalue weighted by Crippen LogP contribution is 2.26. The highest BCUT2D eigenvalue weighted by Gasteiger charge is 2.26. The van der Waals surface area contributed by atoms with Crippen LogP contribution in [0.15, 0.2) is 24.3 Å². The van der Waals surface area contributed by atoms with Crippen molar-refractivity contribution in [2.75, 3.05) is 0 Å². The van der Waals surface area contributed by atoms with E-state index in [0.29, 0.717) is 5.56 Å². The summed E-state index contributed by atoms with van der Waals surface area (Å²) in [7, 11) is 0. The van der Waals surface area contributed by atoms with Gasteiger partial charge in [0.1, 0.15) is 5.82 Å². The molecule has 0 aromatic heterocycles. The summed E-state index contributed by atoms with van der Waals surface area (Å²) in [4.78, 5) is 12.1. The van der Waals surface area contributed by atoms with Crippen LogP contribution in [0, 0.1) is 11.7 Å². The number of ketones is 1. The largest absolute Gasteiger partial charge is 0.328 e. The van der Waals surface area contributed by atoms with Gasteiger partial charge in [0.2, 0.25) is 0 Å². The SMILES string of the molecule is NC1CCCC(C(=O)c2cccc(F)c2)C1. The Bertz CT molecular complexity index is 391. The summed E-state index contributed by atoms with van der Waals surface area (Å²) in [5.74, 6) is -0.342. The molecule has 2 rings (SSSR count). The summed E-state index contributed by atoms with van der Waals surface area (Å²) in [5.41, 5.74) is 6.32. The Balaban J connectivity index is 2.12. The predicted molar refractivity (Wildman–Crippen MR) is 60.7 cm³/mol. The highest BCUT2D eigenvalue weighted by molar-refractivity contribution is 5.97. The molecule has 2 N–H and O–H groups in total. The second kappa shape index (κ2) is 4.74. The van der Waals surface area contributed by atoms with Crippen LogP contribution < -0.4 is 5.73 Å². The smallest absolute Gasteiger partial charge is 0.166 e. The minimum atomic E-state index is -0.356. The molecule has 0 heterocycles. The zero-order valence-electron chi connectivity index (χ0n) is 9.16. The average molecular weight is 221 g/mol. The van der Waals surface area contributed by atoms with Crippen molar-refractivity contribution in [2.24, 2.45) is 11.7 Å². The molecule has 1 fully saturated rings. The average Bonchev–Trinajstić information content (AvgIpc) is 2.28. The van der Waals surface area contributed by atoms with E-state index in [1.54, 1.807) is 12.1 Å². The number of hydrogen-bond acceptors (Lipinski definition) is 2. The molecule has 16 heavy (non-hydrogen) atoms. The van der Waals surface area contributed by atoms with E-state index in [0.717, 1.165) is 25.7 Å². The number of carbonyl (C=O) groups is 1. The van der Waals surface area contributed by atoms with E-state index in [1.165, 1.54) is 12.1 Å². The van der Waals surface area contributed by atoms with Gasteiger partial charge in [-0.05, 0) is 31.4 Å². The van der Waals surface area contributed by atoms with E-state index in [2.05, 4.69) is 0 Å². The first-order valence-electron chi connectivity index (χ1n) is 5.72. The van der Waals surface area contributed by atoms with Crippen molar-refractivity contribution in [1.29, 1.82) is 0 Å². The minimum absolute atomic E-state index is 0.0226. The number of halogens is 1. The first kappa shape index (κ1) is 11.3. The number of Topliss-reactive ketones (excluding diaryl/α,β-unsaturated/α-hetero) is 1. The first-order valence-corrected chi connectivity index (χ1v) is 5.72. The Morgan fingerprint density at radius 2 is 2.19 bits per heavy atom. The van der Waals surface area contributed by atoms with Crippen LogP contribution in [0.3, 0.4) is 0 Å². The molecule has 86 valence electrons.